The minimum absolute atomic E-state index is 0.597. The first-order valence-corrected chi connectivity index (χ1v) is 9.21. The molecule has 0 saturated carbocycles. The number of allylic oxidation sites excluding steroid dienone is 1. The molecule has 3 heteroatoms. The summed E-state index contributed by atoms with van der Waals surface area (Å²) in [6, 6.07) is 6.29. The van der Waals surface area contributed by atoms with Gasteiger partial charge in [0.05, 0.1) is 13.2 Å². The van der Waals surface area contributed by atoms with Gasteiger partial charge in [0.15, 0.2) is 0 Å². The Morgan fingerprint density at radius 3 is 2.62 bits per heavy atom. The summed E-state index contributed by atoms with van der Waals surface area (Å²) in [6.45, 7) is 16.1. The summed E-state index contributed by atoms with van der Waals surface area (Å²) >= 11 is 0. The highest BCUT2D eigenvalue weighted by Crippen LogP contribution is 2.21. The predicted molar refractivity (Wildman–Crippen MR) is 101 cm³/mol. The summed E-state index contributed by atoms with van der Waals surface area (Å²) in [4.78, 5) is 2.53. The number of ether oxygens (including phenoxy) is 2. The van der Waals surface area contributed by atoms with Crippen LogP contribution < -0.4 is 4.74 Å². The van der Waals surface area contributed by atoms with E-state index >= 15 is 0 Å². The first kappa shape index (κ1) is 19.0. The van der Waals surface area contributed by atoms with Crippen LogP contribution in [0.1, 0.15) is 31.4 Å². The molecule has 0 aromatic heterocycles. The average Bonchev–Trinajstić information content (AvgIpc) is 2.52. The Morgan fingerprint density at radius 1 is 1.17 bits per heavy atom. The molecule has 0 N–H and O–H groups in total. The topological polar surface area (TPSA) is 21.7 Å². The van der Waals surface area contributed by atoms with Gasteiger partial charge in [-0.05, 0) is 43.2 Å². The van der Waals surface area contributed by atoms with E-state index in [1.165, 1.54) is 30.6 Å². The SMILES string of the molecule is C=CCc1cc(C)ccc1OCCOCCN1C[C@@H](C)C[C@H](C)C1. The first-order valence-electron chi connectivity index (χ1n) is 9.21. The van der Waals surface area contributed by atoms with Crippen LogP contribution in [0.2, 0.25) is 0 Å². The molecule has 0 radical (unpaired) electrons. The van der Waals surface area contributed by atoms with Gasteiger partial charge in [-0.15, -0.1) is 6.58 Å². The van der Waals surface area contributed by atoms with E-state index in [4.69, 9.17) is 9.47 Å². The van der Waals surface area contributed by atoms with E-state index in [2.05, 4.69) is 44.4 Å². The Bertz CT molecular complexity index is 505. The largest absolute Gasteiger partial charge is 0.491 e. The van der Waals surface area contributed by atoms with Crippen LogP contribution in [-0.4, -0.2) is 44.4 Å². The molecular weight excluding hydrogens is 298 g/mol. The fourth-order valence-electron chi connectivity index (χ4n) is 3.64. The summed E-state index contributed by atoms with van der Waals surface area (Å²) in [7, 11) is 0. The van der Waals surface area contributed by atoms with Gasteiger partial charge in [0, 0.05) is 19.6 Å². The lowest BCUT2D eigenvalue weighted by molar-refractivity contribution is 0.0594. The third-order valence-electron chi connectivity index (χ3n) is 4.56. The maximum absolute atomic E-state index is 5.88. The lowest BCUT2D eigenvalue weighted by atomic mass is 9.92. The first-order chi connectivity index (χ1) is 11.6. The summed E-state index contributed by atoms with van der Waals surface area (Å²) in [5, 5.41) is 0. The third-order valence-corrected chi connectivity index (χ3v) is 4.56. The van der Waals surface area contributed by atoms with E-state index in [-0.39, 0.29) is 0 Å². The minimum Gasteiger partial charge on any atom is -0.491 e. The van der Waals surface area contributed by atoms with E-state index in [0.717, 1.165) is 37.2 Å². The van der Waals surface area contributed by atoms with E-state index in [9.17, 15) is 0 Å². The zero-order chi connectivity index (χ0) is 17.4. The molecule has 1 fully saturated rings. The second-order valence-corrected chi connectivity index (χ2v) is 7.27. The van der Waals surface area contributed by atoms with Crippen molar-refractivity contribution in [3.8, 4) is 5.75 Å². The molecule has 1 aromatic carbocycles. The number of piperidine rings is 1. The van der Waals surface area contributed by atoms with Crippen LogP contribution in [0.25, 0.3) is 0 Å². The third kappa shape index (κ3) is 6.29. The maximum atomic E-state index is 5.88. The number of aryl methyl sites for hydroxylation is 1. The monoisotopic (exact) mass is 331 g/mol. The number of nitrogens with zero attached hydrogens (tertiary/aromatic N) is 1. The van der Waals surface area contributed by atoms with Gasteiger partial charge in [-0.2, -0.15) is 0 Å². The molecule has 134 valence electrons. The van der Waals surface area contributed by atoms with Crippen molar-refractivity contribution in [1.82, 2.24) is 4.90 Å². The molecule has 0 bridgehead atoms. The Labute approximate surface area is 147 Å². The molecule has 0 aliphatic carbocycles. The highest BCUT2D eigenvalue weighted by molar-refractivity contribution is 5.38. The van der Waals surface area contributed by atoms with Crippen molar-refractivity contribution in [1.29, 1.82) is 0 Å². The fourth-order valence-corrected chi connectivity index (χ4v) is 3.64. The number of benzene rings is 1. The lowest BCUT2D eigenvalue weighted by Crippen LogP contribution is -2.40. The number of hydrogen-bond donors (Lipinski definition) is 0. The van der Waals surface area contributed by atoms with Crippen molar-refractivity contribution in [3.63, 3.8) is 0 Å². The van der Waals surface area contributed by atoms with Gasteiger partial charge < -0.3 is 14.4 Å². The van der Waals surface area contributed by atoms with Gasteiger partial charge in [0.2, 0.25) is 0 Å². The van der Waals surface area contributed by atoms with E-state index in [1.807, 2.05) is 12.1 Å². The fraction of sp³-hybridized carbons (Fsp3) is 0.619. The molecule has 0 amide bonds. The molecule has 1 saturated heterocycles. The van der Waals surface area contributed by atoms with Crippen molar-refractivity contribution in [2.45, 2.75) is 33.6 Å². The normalized spacial score (nSPS) is 21.6. The quantitative estimate of drug-likeness (QED) is 0.502. The van der Waals surface area contributed by atoms with Gasteiger partial charge in [0.1, 0.15) is 12.4 Å². The minimum atomic E-state index is 0.597. The molecule has 1 aliphatic rings. The van der Waals surface area contributed by atoms with Crippen molar-refractivity contribution >= 4 is 0 Å². The van der Waals surface area contributed by atoms with Crippen LogP contribution in [0, 0.1) is 18.8 Å². The van der Waals surface area contributed by atoms with Gasteiger partial charge in [-0.25, -0.2) is 0 Å². The molecule has 2 rings (SSSR count). The van der Waals surface area contributed by atoms with E-state index in [1.54, 1.807) is 0 Å². The van der Waals surface area contributed by atoms with Gasteiger partial charge >= 0.3 is 0 Å². The number of rotatable bonds is 9. The molecule has 0 unspecified atom stereocenters. The Morgan fingerprint density at radius 2 is 1.92 bits per heavy atom. The van der Waals surface area contributed by atoms with Gasteiger partial charge in [-0.3, -0.25) is 0 Å². The summed E-state index contributed by atoms with van der Waals surface area (Å²) in [5.74, 6) is 2.56. The van der Waals surface area contributed by atoms with Crippen LogP contribution in [0.15, 0.2) is 30.9 Å². The van der Waals surface area contributed by atoms with E-state index < -0.39 is 0 Å². The van der Waals surface area contributed by atoms with Crippen LogP contribution in [0.5, 0.6) is 5.75 Å². The highest BCUT2D eigenvalue weighted by atomic mass is 16.5. The summed E-state index contributed by atoms with van der Waals surface area (Å²) < 4.78 is 11.6. The Hall–Kier alpha value is -1.32. The molecule has 1 aromatic rings. The van der Waals surface area contributed by atoms with E-state index in [0.29, 0.717) is 13.2 Å². The molecule has 3 nitrogen and oxygen atoms in total. The second-order valence-electron chi connectivity index (χ2n) is 7.27. The summed E-state index contributed by atoms with van der Waals surface area (Å²) in [5.41, 5.74) is 2.45. The van der Waals surface area contributed by atoms with Crippen molar-refractivity contribution < 1.29 is 9.47 Å². The Kier molecular flexibility index (Phi) is 7.80. The van der Waals surface area contributed by atoms with Gasteiger partial charge in [0.25, 0.3) is 0 Å². The smallest absolute Gasteiger partial charge is 0.122 e. The predicted octanol–water partition coefficient (Wildman–Crippen LogP) is 4.10. The summed E-state index contributed by atoms with van der Waals surface area (Å²) in [6.07, 6.45) is 4.11. The van der Waals surface area contributed by atoms with Crippen LogP contribution in [-0.2, 0) is 11.2 Å². The van der Waals surface area contributed by atoms with Crippen LogP contribution in [0.3, 0.4) is 0 Å². The van der Waals surface area contributed by atoms with Gasteiger partial charge in [-0.1, -0.05) is 37.6 Å². The molecular formula is C21H33NO2. The van der Waals surface area contributed by atoms with Crippen molar-refractivity contribution in [2.24, 2.45) is 11.8 Å². The zero-order valence-electron chi connectivity index (χ0n) is 15.6. The molecule has 24 heavy (non-hydrogen) atoms. The average molecular weight is 332 g/mol. The van der Waals surface area contributed by atoms with Crippen LogP contribution >= 0.6 is 0 Å². The number of hydrogen-bond acceptors (Lipinski definition) is 3. The number of likely N-dealkylation sites (tertiary alicyclic amines) is 1. The maximum Gasteiger partial charge on any atom is 0.122 e. The van der Waals surface area contributed by atoms with Crippen molar-refractivity contribution in [2.75, 3.05) is 39.5 Å². The zero-order valence-corrected chi connectivity index (χ0v) is 15.6. The molecule has 0 spiro atoms. The van der Waals surface area contributed by atoms with Crippen molar-refractivity contribution in [3.05, 3.63) is 42.0 Å². The second kappa shape index (κ2) is 9.85. The molecule has 1 heterocycles. The standard InChI is InChI=1S/C21H33NO2/c1-5-6-20-14-17(2)7-8-21(20)24-12-11-23-10-9-22-15-18(3)13-19(4)16-22/h5,7-8,14,18-19H,1,6,9-13,15-16H2,2-4H3/t18-,19-/m0/s1. The van der Waals surface area contributed by atoms with Crippen LogP contribution in [0.4, 0.5) is 0 Å². The highest BCUT2D eigenvalue weighted by Gasteiger charge is 2.21. The molecule has 2 atom stereocenters. The Balaban J connectivity index is 1.64. The lowest BCUT2D eigenvalue weighted by Gasteiger charge is -2.34. The molecule has 1 aliphatic heterocycles.